The molecule has 0 aliphatic heterocycles. The van der Waals surface area contributed by atoms with Crippen LogP contribution in [-0.2, 0) is 6.18 Å². The van der Waals surface area contributed by atoms with E-state index in [2.05, 4.69) is 87.7 Å². The lowest BCUT2D eigenvalue weighted by molar-refractivity contribution is -0.137. The number of anilines is 1. The normalized spacial score (nSPS) is 11.6. The number of hydrogen-bond donors (Lipinski definition) is 4. The molecule has 3 aromatic rings. The van der Waals surface area contributed by atoms with Crippen LogP contribution in [0.4, 0.5) is 18.9 Å². The molecule has 0 aliphatic carbocycles. The second kappa shape index (κ2) is 16.2. The van der Waals surface area contributed by atoms with Crippen LogP contribution in [0, 0.1) is 36.1 Å². The number of rotatable bonds is 9. The molecular weight excluding hydrogens is 621 g/mol. The van der Waals surface area contributed by atoms with Crippen LogP contribution in [0.2, 0.25) is 0 Å². The van der Waals surface area contributed by atoms with Gasteiger partial charge in [0.15, 0.2) is 0 Å². The van der Waals surface area contributed by atoms with Gasteiger partial charge in [0.05, 0.1) is 16.7 Å². The molecule has 0 atom stereocenters. The van der Waals surface area contributed by atoms with Gasteiger partial charge in [-0.15, -0.1) is 5.10 Å². The number of hydrogen-bond acceptors (Lipinski definition) is 5. The molecule has 0 bridgehead atoms. The number of amides is 1. The molecule has 0 unspecified atom stereocenters. The lowest BCUT2D eigenvalue weighted by atomic mass is 9.90. The second-order valence-electron chi connectivity index (χ2n) is 8.98. The maximum Gasteiger partial charge on any atom is 0.416 e. The highest BCUT2D eigenvalue weighted by molar-refractivity contribution is 6.10. The number of nitrogens with zero attached hydrogens (tertiary/aromatic N) is 10. The van der Waals surface area contributed by atoms with Crippen molar-refractivity contribution in [1.29, 1.82) is 5.53 Å². The van der Waals surface area contributed by atoms with E-state index in [1.807, 2.05) is 6.07 Å². The number of phenolic OH excluding ortho intramolecular Hbond substituents is 2. The van der Waals surface area contributed by atoms with Crippen LogP contribution < -0.4 is 5.32 Å². The largest absolute Gasteiger partial charge is 0.507 e. The van der Waals surface area contributed by atoms with E-state index >= 15 is 0 Å². The molecule has 4 N–H and O–H groups in total. The summed E-state index contributed by atoms with van der Waals surface area (Å²) in [5, 5.41) is 55.1. The van der Waals surface area contributed by atoms with Crippen molar-refractivity contribution in [3.63, 3.8) is 0 Å². The minimum absolute atomic E-state index is 0.00694. The van der Waals surface area contributed by atoms with E-state index in [1.54, 1.807) is 26.0 Å². The Morgan fingerprint density at radius 3 is 2.19 bits per heavy atom. The quantitative estimate of drug-likeness (QED) is 0.0785. The molecule has 0 aliphatic rings. The van der Waals surface area contributed by atoms with Crippen molar-refractivity contribution in [3.05, 3.63) is 82.9 Å². The van der Waals surface area contributed by atoms with Gasteiger partial charge < -0.3 is 15.5 Å². The fraction of sp³-hybridized carbons (Fsp3) is 0.103. The van der Waals surface area contributed by atoms with Gasteiger partial charge in [0.25, 0.3) is 5.91 Å². The molecule has 47 heavy (non-hydrogen) atoms. The third kappa shape index (κ3) is 9.78. The van der Waals surface area contributed by atoms with Gasteiger partial charge in [0, 0.05) is 11.3 Å². The van der Waals surface area contributed by atoms with E-state index in [0.29, 0.717) is 16.7 Å². The highest BCUT2D eigenvalue weighted by Crippen LogP contribution is 2.44. The van der Waals surface area contributed by atoms with Crippen LogP contribution >= 0.6 is 0 Å². The Labute approximate surface area is 263 Å². The zero-order chi connectivity index (χ0) is 34.4. The van der Waals surface area contributed by atoms with Gasteiger partial charge >= 0.3 is 6.18 Å². The van der Waals surface area contributed by atoms with Crippen molar-refractivity contribution in [3.8, 4) is 46.3 Å². The molecule has 1 amide bonds. The number of halogens is 3. The maximum atomic E-state index is 13.5. The number of aromatic hydroxyl groups is 2. The first-order chi connectivity index (χ1) is 22.4. The monoisotopic (exact) mass is 642 g/mol. The van der Waals surface area contributed by atoms with Crippen molar-refractivity contribution in [2.75, 3.05) is 5.32 Å². The number of allylic oxidation sites excluding steroid dienone is 1. The molecule has 0 saturated carbocycles. The fourth-order valence-corrected chi connectivity index (χ4v) is 3.79. The Balaban J connectivity index is 1.99. The lowest BCUT2D eigenvalue weighted by Crippen LogP contribution is -2.15. The summed E-state index contributed by atoms with van der Waals surface area (Å²) >= 11 is 0. The summed E-state index contributed by atoms with van der Waals surface area (Å²) in [6.45, 7) is 7.47. The van der Waals surface area contributed by atoms with Gasteiger partial charge in [-0.1, -0.05) is 41.8 Å². The minimum atomic E-state index is -4.58. The zero-order valence-corrected chi connectivity index (χ0v) is 24.3. The molecule has 15 nitrogen and oxygen atoms in total. The van der Waals surface area contributed by atoms with E-state index in [0.717, 1.165) is 42.1 Å². The minimum Gasteiger partial charge on any atom is -0.507 e. The summed E-state index contributed by atoms with van der Waals surface area (Å²) in [6.07, 6.45) is -3.59. The second-order valence-corrected chi connectivity index (χ2v) is 8.98. The van der Waals surface area contributed by atoms with Gasteiger partial charge in [-0.25, -0.2) is 0 Å². The smallest absolute Gasteiger partial charge is 0.416 e. The molecular formula is C29H21F3N12O3. The van der Waals surface area contributed by atoms with Gasteiger partial charge in [0.2, 0.25) is 0 Å². The van der Waals surface area contributed by atoms with Crippen LogP contribution in [0.25, 0.3) is 16.7 Å². The third-order valence-corrected chi connectivity index (χ3v) is 5.71. The van der Waals surface area contributed by atoms with Gasteiger partial charge in [-0.05, 0) is 120 Å². The van der Waals surface area contributed by atoms with E-state index < -0.39 is 29.1 Å². The van der Waals surface area contributed by atoms with Gasteiger partial charge in [-0.3, -0.25) is 4.79 Å². The van der Waals surface area contributed by atoms with Crippen molar-refractivity contribution in [2.45, 2.75) is 20.0 Å². The van der Waals surface area contributed by atoms with E-state index in [9.17, 15) is 28.2 Å². The molecule has 0 spiro atoms. The zero-order valence-electron chi connectivity index (χ0n) is 24.3. The average Bonchev–Trinajstić information content (AvgIpc) is 3.00. The van der Waals surface area contributed by atoms with E-state index in [1.165, 1.54) is 0 Å². The third-order valence-electron chi connectivity index (χ3n) is 5.71. The van der Waals surface area contributed by atoms with Gasteiger partial charge in [0.1, 0.15) is 17.7 Å². The standard InChI is InChI=1S/C29H21F3N12O3/c1-17(2)22-13-8-18(3)15-23(22)26-24(45)16-19(7-5-4-6-14-34-37-39-41-43-44-42-40-38-36-33)25(27(26)46)28(47)35-21-11-9-20(10-12-21)29(30,31)32/h8-16,33,45-46H,1H2,2-3H3,(H,35,47)/b34-14+,36-33?,39-37+,40-38+,43-41+,44-42+. The molecule has 236 valence electrons. The number of nitrogens with one attached hydrogen (secondary N) is 2. The molecule has 3 rings (SSSR count). The molecule has 0 radical (unpaired) electrons. The SMILES string of the molecule is C=C(C)c1ccc(C)cc1-c1c(O)cc(C#CC#C/C=N/N=N/N=N/N=N/N=N/N=N)c(C(=O)Nc2ccc(C(F)(F)F)cc2)c1O. The summed E-state index contributed by atoms with van der Waals surface area (Å²) < 4.78 is 39.0. The Morgan fingerprint density at radius 1 is 0.936 bits per heavy atom. The maximum absolute atomic E-state index is 13.5. The fourth-order valence-electron chi connectivity index (χ4n) is 3.79. The number of phenols is 2. The predicted molar refractivity (Wildman–Crippen MR) is 162 cm³/mol. The van der Waals surface area contributed by atoms with Crippen LogP contribution in [0.3, 0.4) is 0 Å². The van der Waals surface area contributed by atoms with Crippen molar-refractivity contribution < 1.29 is 28.2 Å². The highest BCUT2D eigenvalue weighted by Gasteiger charge is 2.30. The summed E-state index contributed by atoms with van der Waals surface area (Å²) in [4.78, 5) is 13.5. The summed E-state index contributed by atoms with van der Waals surface area (Å²) in [7, 11) is 0. The first kappa shape index (κ1) is 34.5. The van der Waals surface area contributed by atoms with Crippen LogP contribution in [0.1, 0.15) is 39.5 Å². The lowest BCUT2D eigenvalue weighted by Gasteiger charge is -2.17. The van der Waals surface area contributed by atoms with Crippen LogP contribution in [-0.4, -0.2) is 22.3 Å². The molecule has 18 heteroatoms. The number of alkyl halides is 3. The van der Waals surface area contributed by atoms with E-state index in [4.69, 9.17) is 5.53 Å². The summed E-state index contributed by atoms with van der Waals surface area (Å²) in [5.41, 5.74) is 7.20. The summed E-state index contributed by atoms with van der Waals surface area (Å²) in [5.74, 6) is 7.88. The van der Waals surface area contributed by atoms with Crippen LogP contribution in [0.15, 0.2) is 107 Å². The highest BCUT2D eigenvalue weighted by atomic mass is 19.4. The topological polar surface area (TPSA) is 217 Å². The predicted octanol–water partition coefficient (Wildman–Crippen LogP) is 8.22. The average molecular weight is 643 g/mol. The van der Waals surface area contributed by atoms with Crippen LogP contribution in [0.5, 0.6) is 11.5 Å². The summed E-state index contributed by atoms with van der Waals surface area (Å²) in [6, 6.07) is 10.1. The molecule has 0 aromatic heterocycles. The molecule has 0 heterocycles. The molecule has 0 fully saturated rings. The Bertz CT molecular complexity index is 1960. The van der Waals surface area contributed by atoms with Crippen molar-refractivity contribution in [1.82, 2.24) is 0 Å². The van der Waals surface area contributed by atoms with E-state index in [-0.39, 0.29) is 22.4 Å². The molecule has 3 aromatic carbocycles. The Morgan fingerprint density at radius 2 is 1.57 bits per heavy atom. The first-order valence-corrected chi connectivity index (χ1v) is 12.8. The Kier molecular flexibility index (Phi) is 11.9. The van der Waals surface area contributed by atoms with Crippen molar-refractivity contribution >= 4 is 23.4 Å². The number of benzene rings is 3. The number of aryl methyl sites for hydroxylation is 1. The number of carbonyl (C=O) groups excluding carboxylic acids is 1. The van der Waals surface area contributed by atoms with Crippen molar-refractivity contribution in [2.24, 2.45) is 52.1 Å². The van der Waals surface area contributed by atoms with Gasteiger partial charge in [-0.2, -0.15) is 18.7 Å². The first-order valence-electron chi connectivity index (χ1n) is 12.8. The molecule has 0 saturated heterocycles. The number of carbonyl (C=O) groups is 1. The Hall–Kier alpha value is -6.95.